The number of oxime groups is 1. The summed E-state index contributed by atoms with van der Waals surface area (Å²) in [5, 5.41) is 3.91. The summed E-state index contributed by atoms with van der Waals surface area (Å²) < 4.78 is 0. The minimum absolute atomic E-state index is 0.605. The van der Waals surface area contributed by atoms with Gasteiger partial charge in [0.05, 0.1) is 5.71 Å². The first kappa shape index (κ1) is 8.78. The molecular weight excluding hydrogens is 150 g/mol. The van der Waals surface area contributed by atoms with Crippen LogP contribution in [0.5, 0.6) is 0 Å². The fourth-order valence-electron chi connectivity index (χ4n) is 0.832. The van der Waals surface area contributed by atoms with Gasteiger partial charge in [0.25, 0.3) is 0 Å². The van der Waals surface area contributed by atoms with Crippen molar-refractivity contribution in [1.29, 1.82) is 0 Å². The van der Waals surface area contributed by atoms with E-state index < -0.39 is 0 Å². The van der Waals surface area contributed by atoms with Crippen LogP contribution in [0.3, 0.4) is 0 Å². The number of hydrogen-bond acceptors (Lipinski definition) is 2. The van der Waals surface area contributed by atoms with Gasteiger partial charge >= 0.3 is 0 Å². The van der Waals surface area contributed by atoms with Crippen LogP contribution in [0.4, 0.5) is 0 Å². The average Bonchev–Trinajstić information content (AvgIpc) is 2.15. The lowest BCUT2D eigenvalue weighted by molar-refractivity contribution is 0.159. The predicted molar refractivity (Wildman–Crippen MR) is 49.1 cm³/mol. The van der Waals surface area contributed by atoms with Gasteiger partial charge in [-0.3, -0.25) is 0 Å². The Bertz CT molecular complexity index is 254. The highest BCUT2D eigenvalue weighted by molar-refractivity contribution is 5.98. The van der Waals surface area contributed by atoms with Gasteiger partial charge in [-0.05, 0) is 31.5 Å². The Balaban J connectivity index is 2.71. The SMILES string of the molecule is CCO/N=C(/C)c1c[c]ccc1. The summed E-state index contributed by atoms with van der Waals surface area (Å²) in [5.41, 5.74) is 1.93. The van der Waals surface area contributed by atoms with Crippen LogP contribution in [0.2, 0.25) is 0 Å². The van der Waals surface area contributed by atoms with Crippen molar-refractivity contribution in [2.75, 3.05) is 6.61 Å². The smallest absolute Gasteiger partial charge is 0.114 e. The van der Waals surface area contributed by atoms with Gasteiger partial charge in [0.1, 0.15) is 6.61 Å². The molecule has 0 atom stereocenters. The first-order valence-corrected chi connectivity index (χ1v) is 3.97. The molecule has 1 radical (unpaired) electrons. The van der Waals surface area contributed by atoms with Crippen molar-refractivity contribution in [3.05, 3.63) is 35.9 Å². The summed E-state index contributed by atoms with van der Waals surface area (Å²) in [6, 6.07) is 10.6. The summed E-state index contributed by atoms with van der Waals surface area (Å²) in [7, 11) is 0. The zero-order valence-corrected chi connectivity index (χ0v) is 7.37. The average molecular weight is 162 g/mol. The lowest BCUT2D eigenvalue weighted by Gasteiger charge is -1.98. The molecule has 0 aliphatic carbocycles. The van der Waals surface area contributed by atoms with Crippen LogP contribution < -0.4 is 0 Å². The molecule has 0 heterocycles. The fourth-order valence-corrected chi connectivity index (χ4v) is 0.832. The molecule has 1 aromatic carbocycles. The number of benzene rings is 1. The van der Waals surface area contributed by atoms with Gasteiger partial charge in [-0.2, -0.15) is 0 Å². The van der Waals surface area contributed by atoms with Gasteiger partial charge in [-0.15, -0.1) is 0 Å². The molecule has 2 heteroatoms. The highest BCUT2D eigenvalue weighted by Crippen LogP contribution is 2.00. The third-order valence-electron chi connectivity index (χ3n) is 1.46. The third-order valence-corrected chi connectivity index (χ3v) is 1.46. The van der Waals surface area contributed by atoms with Crippen molar-refractivity contribution in [2.24, 2.45) is 5.16 Å². The minimum Gasteiger partial charge on any atom is -0.396 e. The molecule has 1 rings (SSSR count). The molecule has 2 nitrogen and oxygen atoms in total. The zero-order valence-electron chi connectivity index (χ0n) is 7.37. The molecule has 0 amide bonds. The standard InChI is InChI=1S/C10H12NO/c1-3-12-11-9(2)10-7-5-4-6-8-10/h4-5,7-8H,3H2,1-2H3/b11-9-. The zero-order chi connectivity index (χ0) is 8.81. The molecule has 0 saturated carbocycles. The molecule has 0 fully saturated rings. The lowest BCUT2D eigenvalue weighted by Crippen LogP contribution is -1.95. The van der Waals surface area contributed by atoms with Crippen molar-refractivity contribution >= 4 is 5.71 Å². The predicted octanol–water partition coefficient (Wildman–Crippen LogP) is 2.25. The summed E-state index contributed by atoms with van der Waals surface area (Å²) in [5.74, 6) is 0. The second kappa shape index (κ2) is 4.54. The maximum Gasteiger partial charge on any atom is 0.114 e. The van der Waals surface area contributed by atoms with Crippen LogP contribution in [0.15, 0.2) is 29.4 Å². The molecule has 0 bridgehead atoms. The van der Waals surface area contributed by atoms with Crippen LogP contribution >= 0.6 is 0 Å². The Morgan fingerprint density at radius 1 is 1.67 bits per heavy atom. The molecule has 0 aliphatic heterocycles. The van der Waals surface area contributed by atoms with Gasteiger partial charge in [0, 0.05) is 0 Å². The Morgan fingerprint density at radius 2 is 2.50 bits per heavy atom. The minimum atomic E-state index is 0.605. The van der Waals surface area contributed by atoms with E-state index in [9.17, 15) is 0 Å². The van der Waals surface area contributed by atoms with Crippen molar-refractivity contribution in [3.8, 4) is 0 Å². The van der Waals surface area contributed by atoms with Crippen LogP contribution in [0.1, 0.15) is 19.4 Å². The van der Waals surface area contributed by atoms with E-state index in [1.807, 2.05) is 38.1 Å². The van der Waals surface area contributed by atoms with E-state index in [1.54, 1.807) is 0 Å². The Kier molecular flexibility index (Phi) is 3.33. The summed E-state index contributed by atoms with van der Waals surface area (Å²) >= 11 is 0. The number of hydrogen-bond donors (Lipinski definition) is 0. The van der Waals surface area contributed by atoms with Crippen LogP contribution in [0.25, 0.3) is 0 Å². The molecule has 0 aromatic heterocycles. The molecule has 0 saturated heterocycles. The van der Waals surface area contributed by atoms with Gasteiger partial charge in [0.2, 0.25) is 0 Å². The van der Waals surface area contributed by atoms with E-state index in [2.05, 4.69) is 11.2 Å². The summed E-state index contributed by atoms with van der Waals surface area (Å²) in [6.45, 7) is 4.43. The number of rotatable bonds is 3. The van der Waals surface area contributed by atoms with Gasteiger partial charge in [-0.25, -0.2) is 0 Å². The highest BCUT2D eigenvalue weighted by atomic mass is 16.6. The third kappa shape index (κ3) is 2.38. The Hall–Kier alpha value is -1.31. The number of nitrogens with zero attached hydrogens (tertiary/aromatic N) is 1. The van der Waals surface area contributed by atoms with E-state index in [0.29, 0.717) is 6.61 Å². The monoisotopic (exact) mass is 162 g/mol. The molecule has 0 unspecified atom stereocenters. The topological polar surface area (TPSA) is 21.6 Å². The van der Waals surface area contributed by atoms with E-state index in [-0.39, 0.29) is 0 Å². The van der Waals surface area contributed by atoms with Crippen molar-refractivity contribution in [1.82, 2.24) is 0 Å². The van der Waals surface area contributed by atoms with E-state index in [4.69, 9.17) is 4.84 Å². The lowest BCUT2D eigenvalue weighted by atomic mass is 10.1. The van der Waals surface area contributed by atoms with Gasteiger partial charge in [-0.1, -0.05) is 23.4 Å². The molecule has 0 N–H and O–H groups in total. The Morgan fingerprint density at radius 3 is 3.08 bits per heavy atom. The largest absolute Gasteiger partial charge is 0.396 e. The van der Waals surface area contributed by atoms with E-state index in [1.165, 1.54) is 0 Å². The molecule has 1 aromatic rings. The quantitative estimate of drug-likeness (QED) is 0.493. The second-order valence-electron chi connectivity index (χ2n) is 2.39. The Labute approximate surface area is 72.9 Å². The normalized spacial score (nSPS) is 11.3. The van der Waals surface area contributed by atoms with Crippen LogP contribution in [0, 0.1) is 6.07 Å². The molecule has 0 spiro atoms. The van der Waals surface area contributed by atoms with Crippen LogP contribution in [-0.4, -0.2) is 12.3 Å². The summed E-state index contributed by atoms with van der Waals surface area (Å²) in [4.78, 5) is 4.92. The molecule has 12 heavy (non-hydrogen) atoms. The first-order valence-electron chi connectivity index (χ1n) is 3.97. The van der Waals surface area contributed by atoms with E-state index in [0.717, 1.165) is 11.3 Å². The van der Waals surface area contributed by atoms with Crippen molar-refractivity contribution in [2.45, 2.75) is 13.8 Å². The summed E-state index contributed by atoms with van der Waals surface area (Å²) in [6.07, 6.45) is 0. The highest BCUT2D eigenvalue weighted by Gasteiger charge is 1.94. The molecule has 0 aliphatic rings. The van der Waals surface area contributed by atoms with E-state index >= 15 is 0 Å². The maximum absolute atomic E-state index is 4.92. The maximum atomic E-state index is 4.92. The fraction of sp³-hybridized carbons (Fsp3) is 0.300. The van der Waals surface area contributed by atoms with Crippen molar-refractivity contribution < 1.29 is 4.84 Å². The second-order valence-corrected chi connectivity index (χ2v) is 2.39. The first-order chi connectivity index (χ1) is 5.84. The van der Waals surface area contributed by atoms with Crippen molar-refractivity contribution in [3.63, 3.8) is 0 Å². The molecular formula is C10H12NO. The van der Waals surface area contributed by atoms with Gasteiger partial charge < -0.3 is 4.84 Å². The van der Waals surface area contributed by atoms with Crippen LogP contribution in [-0.2, 0) is 4.84 Å². The molecule has 63 valence electrons. The van der Waals surface area contributed by atoms with Gasteiger partial charge in [0.15, 0.2) is 0 Å².